The predicted octanol–water partition coefficient (Wildman–Crippen LogP) is 3.87. The fraction of sp³-hybridized carbons (Fsp3) is 0.188. The summed E-state index contributed by atoms with van der Waals surface area (Å²) in [5, 5.41) is 5.99. The summed E-state index contributed by atoms with van der Waals surface area (Å²) in [5.41, 5.74) is 1.59. The highest BCUT2D eigenvalue weighted by molar-refractivity contribution is 5.89. The zero-order valence-corrected chi connectivity index (χ0v) is 11.6. The van der Waals surface area contributed by atoms with Gasteiger partial charge >= 0.3 is 0 Å². The molecule has 0 aliphatic rings. The van der Waals surface area contributed by atoms with Gasteiger partial charge in [-0.3, -0.25) is 4.79 Å². The predicted molar refractivity (Wildman–Crippen MR) is 81.4 cm³/mol. The zero-order valence-electron chi connectivity index (χ0n) is 11.6. The van der Waals surface area contributed by atoms with Crippen molar-refractivity contribution in [2.45, 2.75) is 13.8 Å². The van der Waals surface area contributed by atoms with E-state index in [0.717, 1.165) is 29.4 Å². The molecule has 4 heteroatoms. The average molecular weight is 270 g/mol. The van der Waals surface area contributed by atoms with E-state index in [4.69, 9.17) is 4.74 Å². The van der Waals surface area contributed by atoms with Gasteiger partial charge in [0.15, 0.2) is 5.75 Å². The van der Waals surface area contributed by atoms with Gasteiger partial charge in [0.25, 0.3) is 0 Å². The van der Waals surface area contributed by atoms with E-state index in [1.54, 1.807) is 0 Å². The summed E-state index contributed by atoms with van der Waals surface area (Å²) >= 11 is 0. The summed E-state index contributed by atoms with van der Waals surface area (Å²) in [6.45, 7) is 4.27. The fourth-order valence-corrected chi connectivity index (χ4v) is 1.84. The molecule has 0 saturated carbocycles. The van der Waals surface area contributed by atoms with Crippen LogP contribution in [0, 0.1) is 0 Å². The van der Waals surface area contributed by atoms with Crippen LogP contribution in [0.25, 0.3) is 0 Å². The highest BCUT2D eigenvalue weighted by atomic mass is 16.5. The van der Waals surface area contributed by atoms with Crippen molar-refractivity contribution in [1.29, 1.82) is 0 Å². The summed E-state index contributed by atoms with van der Waals surface area (Å²) in [6.07, 6.45) is 0. The number of hydrogen-bond donors (Lipinski definition) is 2. The number of hydrogen-bond acceptors (Lipinski definition) is 3. The van der Waals surface area contributed by atoms with Gasteiger partial charge in [-0.2, -0.15) is 0 Å². The van der Waals surface area contributed by atoms with Gasteiger partial charge in [-0.15, -0.1) is 0 Å². The largest absolute Gasteiger partial charge is 0.455 e. The van der Waals surface area contributed by atoms with E-state index in [2.05, 4.69) is 10.6 Å². The minimum absolute atomic E-state index is 0.0934. The van der Waals surface area contributed by atoms with E-state index in [1.165, 1.54) is 6.92 Å². The Hall–Kier alpha value is -2.49. The Labute approximate surface area is 118 Å². The molecule has 0 aromatic heterocycles. The Morgan fingerprint density at radius 1 is 1.15 bits per heavy atom. The van der Waals surface area contributed by atoms with Crippen molar-refractivity contribution in [1.82, 2.24) is 0 Å². The van der Waals surface area contributed by atoms with Crippen LogP contribution >= 0.6 is 0 Å². The third-order valence-electron chi connectivity index (χ3n) is 2.64. The van der Waals surface area contributed by atoms with Crippen LogP contribution < -0.4 is 15.4 Å². The van der Waals surface area contributed by atoms with Crippen molar-refractivity contribution in [2.24, 2.45) is 0 Å². The highest BCUT2D eigenvalue weighted by Gasteiger charge is 2.06. The smallest absolute Gasteiger partial charge is 0.221 e. The van der Waals surface area contributed by atoms with Crippen LogP contribution in [0.4, 0.5) is 11.4 Å². The molecule has 1 amide bonds. The van der Waals surface area contributed by atoms with Crippen molar-refractivity contribution in [3.8, 4) is 11.5 Å². The Balaban J connectivity index is 2.25. The number of ether oxygens (including phenoxy) is 1. The first kappa shape index (κ1) is 13.9. The Bertz CT molecular complexity index is 582. The second kappa shape index (κ2) is 6.61. The van der Waals surface area contributed by atoms with Gasteiger partial charge in [-0.25, -0.2) is 0 Å². The molecule has 0 spiro atoms. The van der Waals surface area contributed by atoms with Crippen LogP contribution in [0.2, 0.25) is 0 Å². The maximum absolute atomic E-state index is 11.1. The summed E-state index contributed by atoms with van der Waals surface area (Å²) < 4.78 is 5.85. The lowest BCUT2D eigenvalue weighted by atomic mass is 10.2. The van der Waals surface area contributed by atoms with Gasteiger partial charge in [0.2, 0.25) is 5.91 Å². The summed E-state index contributed by atoms with van der Waals surface area (Å²) in [6, 6.07) is 15.1. The number of rotatable bonds is 5. The fourth-order valence-electron chi connectivity index (χ4n) is 1.84. The number of carbonyl (C=O) groups excluding carboxylic acids is 1. The molecule has 2 aromatic rings. The average Bonchev–Trinajstić information content (AvgIpc) is 2.42. The first-order chi connectivity index (χ1) is 9.69. The maximum Gasteiger partial charge on any atom is 0.221 e. The number of anilines is 2. The number of benzene rings is 2. The molecule has 0 heterocycles. The van der Waals surface area contributed by atoms with Crippen molar-refractivity contribution in [3.63, 3.8) is 0 Å². The third kappa shape index (κ3) is 3.75. The number of carbonyl (C=O) groups is 1. The number of para-hydroxylation sites is 1. The minimum Gasteiger partial charge on any atom is -0.455 e. The molecule has 0 unspecified atom stereocenters. The maximum atomic E-state index is 11.1. The van der Waals surface area contributed by atoms with Crippen molar-refractivity contribution in [3.05, 3.63) is 48.5 Å². The normalized spacial score (nSPS) is 9.90. The number of amides is 1. The van der Waals surface area contributed by atoms with Crippen LogP contribution in [0.15, 0.2) is 48.5 Å². The van der Waals surface area contributed by atoms with E-state index < -0.39 is 0 Å². The monoisotopic (exact) mass is 270 g/mol. The van der Waals surface area contributed by atoms with Gasteiger partial charge < -0.3 is 15.4 Å². The van der Waals surface area contributed by atoms with Crippen molar-refractivity contribution < 1.29 is 9.53 Å². The van der Waals surface area contributed by atoms with E-state index >= 15 is 0 Å². The lowest BCUT2D eigenvalue weighted by Gasteiger charge is -2.14. The van der Waals surface area contributed by atoms with Gasteiger partial charge in [0.1, 0.15) is 5.75 Å². The Kier molecular flexibility index (Phi) is 4.60. The molecular formula is C16H18N2O2. The molecule has 0 bridgehead atoms. The van der Waals surface area contributed by atoms with Crippen LogP contribution in [0.3, 0.4) is 0 Å². The van der Waals surface area contributed by atoms with Gasteiger partial charge in [-0.05, 0) is 37.3 Å². The van der Waals surface area contributed by atoms with Gasteiger partial charge in [0, 0.05) is 19.2 Å². The molecular weight excluding hydrogens is 252 g/mol. The summed E-state index contributed by atoms with van der Waals surface area (Å²) in [7, 11) is 0. The van der Waals surface area contributed by atoms with Gasteiger partial charge in [-0.1, -0.05) is 18.2 Å². The summed E-state index contributed by atoms with van der Waals surface area (Å²) in [4.78, 5) is 11.1. The van der Waals surface area contributed by atoms with Crippen LogP contribution in [0.1, 0.15) is 13.8 Å². The third-order valence-corrected chi connectivity index (χ3v) is 2.64. The lowest BCUT2D eigenvalue weighted by molar-refractivity contribution is -0.114. The van der Waals surface area contributed by atoms with E-state index in [9.17, 15) is 4.79 Å². The van der Waals surface area contributed by atoms with Crippen molar-refractivity contribution in [2.75, 3.05) is 17.2 Å². The molecule has 0 fully saturated rings. The SMILES string of the molecule is CCNc1cc(NC(C)=O)ccc1Oc1ccccc1. The molecule has 2 aromatic carbocycles. The highest BCUT2D eigenvalue weighted by Crippen LogP contribution is 2.31. The second-order valence-electron chi connectivity index (χ2n) is 4.34. The second-order valence-corrected chi connectivity index (χ2v) is 4.34. The van der Waals surface area contributed by atoms with Crippen molar-refractivity contribution >= 4 is 17.3 Å². The molecule has 20 heavy (non-hydrogen) atoms. The molecule has 2 rings (SSSR count). The Morgan fingerprint density at radius 2 is 1.90 bits per heavy atom. The first-order valence-corrected chi connectivity index (χ1v) is 6.57. The van der Waals surface area contributed by atoms with Gasteiger partial charge in [0.05, 0.1) is 5.69 Å². The quantitative estimate of drug-likeness (QED) is 0.867. The topological polar surface area (TPSA) is 50.4 Å². The molecule has 0 aliphatic carbocycles. The van der Waals surface area contributed by atoms with Crippen LogP contribution in [0.5, 0.6) is 11.5 Å². The molecule has 4 nitrogen and oxygen atoms in total. The minimum atomic E-state index is -0.0934. The molecule has 104 valence electrons. The van der Waals surface area contributed by atoms with E-state index in [1.807, 2.05) is 55.5 Å². The van der Waals surface area contributed by atoms with Crippen LogP contribution in [-0.2, 0) is 4.79 Å². The number of nitrogens with one attached hydrogen (secondary N) is 2. The molecule has 2 N–H and O–H groups in total. The summed E-state index contributed by atoms with van der Waals surface area (Å²) in [5.74, 6) is 1.41. The standard InChI is InChI=1S/C16H18N2O2/c1-3-17-15-11-13(18-12(2)19)9-10-16(15)20-14-7-5-4-6-8-14/h4-11,17H,3H2,1-2H3,(H,18,19). The van der Waals surface area contributed by atoms with E-state index in [0.29, 0.717) is 0 Å². The van der Waals surface area contributed by atoms with E-state index in [-0.39, 0.29) is 5.91 Å². The lowest BCUT2D eigenvalue weighted by Crippen LogP contribution is -2.07. The molecule has 0 saturated heterocycles. The zero-order chi connectivity index (χ0) is 14.4. The Morgan fingerprint density at radius 3 is 2.55 bits per heavy atom. The molecule has 0 radical (unpaired) electrons. The first-order valence-electron chi connectivity index (χ1n) is 6.57. The molecule has 0 aliphatic heterocycles. The molecule has 0 atom stereocenters. The van der Waals surface area contributed by atoms with Crippen LogP contribution in [-0.4, -0.2) is 12.5 Å².